The molecule has 0 saturated heterocycles. The van der Waals surface area contributed by atoms with Crippen LogP contribution in [0.3, 0.4) is 0 Å². The maximum atomic E-state index is 12.1. The second kappa shape index (κ2) is 8.47. The van der Waals surface area contributed by atoms with Crippen LogP contribution in [0.4, 0.5) is 10.5 Å². The lowest BCUT2D eigenvalue weighted by atomic mass is 10.0. The van der Waals surface area contributed by atoms with E-state index in [1.807, 2.05) is 14.1 Å². The fourth-order valence-corrected chi connectivity index (χ4v) is 2.46. The number of nitrogens with one attached hydrogen (secondary N) is 2. The van der Waals surface area contributed by atoms with E-state index in [1.165, 1.54) is 0 Å². The van der Waals surface area contributed by atoms with Crippen molar-refractivity contribution in [2.24, 2.45) is 5.92 Å². The molecule has 6 heteroatoms. The predicted octanol–water partition coefficient (Wildman–Crippen LogP) is 4.09. The molecule has 1 aromatic carbocycles. The molecule has 2 amide bonds. The molecule has 0 aromatic heterocycles. The summed E-state index contributed by atoms with van der Waals surface area (Å²) in [4.78, 5) is 14.2. The van der Waals surface area contributed by atoms with Gasteiger partial charge in [-0.2, -0.15) is 0 Å². The quantitative estimate of drug-likeness (QED) is 0.824. The van der Waals surface area contributed by atoms with Crippen molar-refractivity contribution in [1.82, 2.24) is 10.2 Å². The number of carbonyl (C=O) groups is 1. The average Bonchev–Trinajstić information content (AvgIpc) is 2.31. The Morgan fingerprint density at radius 3 is 2.52 bits per heavy atom. The van der Waals surface area contributed by atoms with E-state index < -0.39 is 0 Å². The SMILES string of the molecule is CC(C)CC(CN(C)C)NC(=O)Nc1cc(Cl)ccc1Cl. The van der Waals surface area contributed by atoms with Crippen molar-refractivity contribution in [2.75, 3.05) is 26.0 Å². The van der Waals surface area contributed by atoms with E-state index in [-0.39, 0.29) is 12.1 Å². The van der Waals surface area contributed by atoms with Gasteiger partial charge < -0.3 is 15.5 Å². The smallest absolute Gasteiger partial charge is 0.319 e. The highest BCUT2D eigenvalue weighted by molar-refractivity contribution is 6.35. The molecule has 0 saturated carbocycles. The van der Waals surface area contributed by atoms with Crippen molar-refractivity contribution in [3.63, 3.8) is 0 Å². The molecule has 1 rings (SSSR count). The number of carbonyl (C=O) groups excluding carboxylic acids is 1. The number of hydrogen-bond donors (Lipinski definition) is 2. The monoisotopic (exact) mass is 331 g/mol. The molecule has 0 fully saturated rings. The van der Waals surface area contributed by atoms with Crippen LogP contribution < -0.4 is 10.6 Å². The number of urea groups is 1. The van der Waals surface area contributed by atoms with Gasteiger partial charge in [0.15, 0.2) is 0 Å². The van der Waals surface area contributed by atoms with E-state index >= 15 is 0 Å². The molecule has 4 nitrogen and oxygen atoms in total. The molecule has 0 heterocycles. The molecule has 0 aliphatic rings. The van der Waals surface area contributed by atoms with Gasteiger partial charge in [-0.3, -0.25) is 0 Å². The highest BCUT2D eigenvalue weighted by Crippen LogP contribution is 2.25. The van der Waals surface area contributed by atoms with Crippen molar-refractivity contribution < 1.29 is 4.79 Å². The van der Waals surface area contributed by atoms with E-state index in [2.05, 4.69) is 29.4 Å². The van der Waals surface area contributed by atoms with E-state index in [0.29, 0.717) is 21.7 Å². The average molecular weight is 332 g/mol. The van der Waals surface area contributed by atoms with Gasteiger partial charge in [0.2, 0.25) is 0 Å². The first-order chi connectivity index (χ1) is 9.77. The second-order valence-corrected chi connectivity index (χ2v) is 6.65. The van der Waals surface area contributed by atoms with Crippen molar-refractivity contribution in [2.45, 2.75) is 26.3 Å². The van der Waals surface area contributed by atoms with Crippen LogP contribution in [0, 0.1) is 5.92 Å². The molecule has 118 valence electrons. The molecule has 1 atom stereocenters. The summed E-state index contributed by atoms with van der Waals surface area (Å²) >= 11 is 11.9. The number of hydrogen-bond acceptors (Lipinski definition) is 2. The fraction of sp³-hybridized carbons (Fsp3) is 0.533. The lowest BCUT2D eigenvalue weighted by molar-refractivity contribution is 0.240. The van der Waals surface area contributed by atoms with Crippen LogP contribution >= 0.6 is 23.2 Å². The van der Waals surface area contributed by atoms with Crippen LogP contribution in [0.1, 0.15) is 20.3 Å². The van der Waals surface area contributed by atoms with Gasteiger partial charge in [0.25, 0.3) is 0 Å². The van der Waals surface area contributed by atoms with Gasteiger partial charge in [-0.1, -0.05) is 37.0 Å². The second-order valence-electron chi connectivity index (χ2n) is 5.81. The molecular weight excluding hydrogens is 309 g/mol. The first-order valence-electron chi connectivity index (χ1n) is 6.95. The highest BCUT2D eigenvalue weighted by atomic mass is 35.5. The Morgan fingerprint density at radius 1 is 1.29 bits per heavy atom. The molecule has 1 aromatic rings. The fourth-order valence-electron chi connectivity index (χ4n) is 2.13. The summed E-state index contributed by atoms with van der Waals surface area (Å²) in [5.41, 5.74) is 0.509. The molecule has 0 spiro atoms. The zero-order valence-corrected chi connectivity index (χ0v) is 14.4. The van der Waals surface area contributed by atoms with Crippen molar-refractivity contribution in [3.8, 4) is 0 Å². The van der Waals surface area contributed by atoms with E-state index in [0.717, 1.165) is 13.0 Å². The van der Waals surface area contributed by atoms with Crippen molar-refractivity contribution in [1.29, 1.82) is 0 Å². The van der Waals surface area contributed by atoms with Crippen LogP contribution in [0.5, 0.6) is 0 Å². The van der Waals surface area contributed by atoms with Gasteiger partial charge in [0, 0.05) is 17.6 Å². The maximum Gasteiger partial charge on any atom is 0.319 e. The number of anilines is 1. The normalized spacial score (nSPS) is 12.6. The molecule has 0 aliphatic carbocycles. The maximum absolute atomic E-state index is 12.1. The van der Waals surface area contributed by atoms with Gasteiger partial charge in [0.05, 0.1) is 10.7 Å². The minimum absolute atomic E-state index is 0.0814. The first-order valence-corrected chi connectivity index (χ1v) is 7.70. The number of halogens is 2. The van der Waals surface area contributed by atoms with E-state index in [1.54, 1.807) is 18.2 Å². The topological polar surface area (TPSA) is 44.4 Å². The molecule has 0 bridgehead atoms. The predicted molar refractivity (Wildman–Crippen MR) is 90.4 cm³/mol. The van der Waals surface area contributed by atoms with Crippen LogP contribution in [-0.4, -0.2) is 37.6 Å². The number of likely N-dealkylation sites (N-methyl/N-ethyl adjacent to an activating group) is 1. The number of amides is 2. The molecule has 21 heavy (non-hydrogen) atoms. The molecule has 0 aliphatic heterocycles. The van der Waals surface area contributed by atoms with Gasteiger partial charge in [-0.15, -0.1) is 0 Å². The summed E-state index contributed by atoms with van der Waals surface area (Å²) in [5, 5.41) is 6.71. The Hall–Kier alpha value is -0.970. The third kappa shape index (κ3) is 7.02. The molecule has 2 N–H and O–H groups in total. The Balaban J connectivity index is 2.66. The zero-order valence-electron chi connectivity index (χ0n) is 12.9. The lowest BCUT2D eigenvalue weighted by Gasteiger charge is -2.24. The zero-order chi connectivity index (χ0) is 16.0. The van der Waals surface area contributed by atoms with Crippen LogP contribution in [0.25, 0.3) is 0 Å². The standard InChI is InChI=1S/C15H23Cl2N3O/c1-10(2)7-12(9-20(3)4)18-15(21)19-14-8-11(16)5-6-13(14)17/h5-6,8,10,12H,7,9H2,1-4H3,(H2,18,19,21). The Labute approximate surface area is 136 Å². The third-order valence-corrected chi connectivity index (χ3v) is 3.42. The molecular formula is C15H23Cl2N3O. The van der Waals surface area contributed by atoms with Crippen LogP contribution in [-0.2, 0) is 0 Å². The van der Waals surface area contributed by atoms with Gasteiger partial charge in [0.1, 0.15) is 0 Å². The first kappa shape index (κ1) is 18.1. The van der Waals surface area contributed by atoms with E-state index in [4.69, 9.17) is 23.2 Å². The van der Waals surface area contributed by atoms with Crippen LogP contribution in [0.15, 0.2) is 18.2 Å². The van der Waals surface area contributed by atoms with Gasteiger partial charge in [-0.25, -0.2) is 4.79 Å². The Morgan fingerprint density at radius 2 is 1.95 bits per heavy atom. The third-order valence-electron chi connectivity index (χ3n) is 2.85. The summed E-state index contributed by atoms with van der Waals surface area (Å²) in [6.45, 7) is 5.06. The summed E-state index contributed by atoms with van der Waals surface area (Å²) in [6, 6.07) is 4.78. The summed E-state index contributed by atoms with van der Waals surface area (Å²) < 4.78 is 0. The lowest BCUT2D eigenvalue weighted by Crippen LogP contribution is -2.44. The summed E-state index contributed by atoms with van der Waals surface area (Å²) in [5.74, 6) is 0.505. The van der Waals surface area contributed by atoms with Gasteiger partial charge in [-0.05, 0) is 44.6 Å². The Bertz CT molecular complexity index is 468. The molecule has 1 unspecified atom stereocenters. The van der Waals surface area contributed by atoms with Crippen molar-refractivity contribution >= 4 is 34.9 Å². The number of rotatable bonds is 6. The number of nitrogens with zero attached hydrogens (tertiary/aromatic N) is 1. The summed E-state index contributed by atoms with van der Waals surface area (Å²) in [7, 11) is 3.97. The number of benzene rings is 1. The largest absolute Gasteiger partial charge is 0.334 e. The van der Waals surface area contributed by atoms with Crippen molar-refractivity contribution in [3.05, 3.63) is 28.2 Å². The van der Waals surface area contributed by atoms with Crippen LogP contribution in [0.2, 0.25) is 10.0 Å². The van der Waals surface area contributed by atoms with Gasteiger partial charge >= 0.3 is 6.03 Å². The van der Waals surface area contributed by atoms with E-state index in [9.17, 15) is 4.79 Å². The highest BCUT2D eigenvalue weighted by Gasteiger charge is 2.15. The minimum Gasteiger partial charge on any atom is -0.334 e. The molecule has 0 radical (unpaired) electrons. The summed E-state index contributed by atoms with van der Waals surface area (Å²) in [6.07, 6.45) is 0.912. The Kier molecular flexibility index (Phi) is 7.29. The minimum atomic E-state index is -0.272.